The number of urea groups is 1. The van der Waals surface area contributed by atoms with E-state index in [1.165, 1.54) is 4.90 Å². The van der Waals surface area contributed by atoms with Gasteiger partial charge in [-0.3, -0.25) is 0 Å². The first-order valence-electron chi connectivity index (χ1n) is 6.32. The van der Waals surface area contributed by atoms with E-state index in [-0.39, 0.29) is 11.4 Å². The number of anilines is 1. The second-order valence-electron chi connectivity index (χ2n) is 5.58. The molecular formula is C14H18Cl2N2O2. The summed E-state index contributed by atoms with van der Waals surface area (Å²) in [5.74, 6) is 0.679. The lowest BCUT2D eigenvalue weighted by molar-refractivity contribution is 0.230. The molecule has 0 bridgehead atoms. The van der Waals surface area contributed by atoms with Crippen LogP contribution in [-0.2, 0) is 0 Å². The van der Waals surface area contributed by atoms with Crippen LogP contribution in [0, 0.1) is 5.41 Å². The molecule has 1 unspecified atom stereocenters. The zero-order valence-corrected chi connectivity index (χ0v) is 13.3. The van der Waals surface area contributed by atoms with Crippen LogP contribution in [0.15, 0.2) is 24.3 Å². The first-order chi connectivity index (χ1) is 9.23. The Morgan fingerprint density at radius 1 is 1.45 bits per heavy atom. The third-order valence-corrected chi connectivity index (χ3v) is 4.60. The summed E-state index contributed by atoms with van der Waals surface area (Å²) in [7, 11) is 3.37. The molecule has 1 aliphatic rings. The van der Waals surface area contributed by atoms with Crippen LogP contribution in [0.5, 0.6) is 5.75 Å². The van der Waals surface area contributed by atoms with Crippen molar-refractivity contribution in [2.45, 2.75) is 17.7 Å². The Labute approximate surface area is 129 Å². The van der Waals surface area contributed by atoms with E-state index in [0.29, 0.717) is 18.0 Å². The van der Waals surface area contributed by atoms with Gasteiger partial charge in [0.2, 0.25) is 0 Å². The van der Waals surface area contributed by atoms with Gasteiger partial charge >= 0.3 is 6.03 Å². The van der Waals surface area contributed by atoms with Crippen LogP contribution >= 0.6 is 23.2 Å². The zero-order valence-electron chi connectivity index (χ0n) is 11.7. The van der Waals surface area contributed by atoms with Gasteiger partial charge in [-0.05, 0) is 18.6 Å². The average Bonchev–Trinajstić information content (AvgIpc) is 2.87. The van der Waals surface area contributed by atoms with Crippen LogP contribution in [0.25, 0.3) is 0 Å². The van der Waals surface area contributed by atoms with Crippen LogP contribution in [0.3, 0.4) is 0 Å². The Balaban J connectivity index is 1.95. The summed E-state index contributed by atoms with van der Waals surface area (Å²) in [5, 5.41) is 2.77. The number of halogens is 2. The van der Waals surface area contributed by atoms with Crippen molar-refractivity contribution < 1.29 is 9.53 Å². The molecule has 110 valence electrons. The maximum absolute atomic E-state index is 11.6. The molecular weight excluding hydrogens is 299 g/mol. The van der Waals surface area contributed by atoms with Crippen LogP contribution in [0.1, 0.15) is 13.3 Å². The number of rotatable bonds is 4. The predicted molar refractivity (Wildman–Crippen MR) is 81.8 cm³/mol. The largest absolute Gasteiger partial charge is 0.493 e. The van der Waals surface area contributed by atoms with Gasteiger partial charge in [-0.25, -0.2) is 4.79 Å². The summed E-state index contributed by atoms with van der Waals surface area (Å²) in [5.41, 5.74) is 0.476. The van der Waals surface area contributed by atoms with Crippen molar-refractivity contribution in [3.63, 3.8) is 0 Å². The van der Waals surface area contributed by atoms with E-state index in [1.807, 2.05) is 19.1 Å². The molecule has 0 saturated heterocycles. The molecule has 0 aromatic heterocycles. The fourth-order valence-electron chi connectivity index (χ4n) is 1.74. The molecule has 1 saturated carbocycles. The molecule has 6 heteroatoms. The first-order valence-corrected chi connectivity index (χ1v) is 7.08. The van der Waals surface area contributed by atoms with Crippen molar-refractivity contribution >= 4 is 34.9 Å². The van der Waals surface area contributed by atoms with Crippen molar-refractivity contribution in [2.24, 2.45) is 5.41 Å². The predicted octanol–water partition coefficient (Wildman–Crippen LogP) is 3.74. The highest BCUT2D eigenvalue weighted by Gasteiger charge is 2.63. The van der Waals surface area contributed by atoms with Gasteiger partial charge in [0.15, 0.2) is 0 Å². The van der Waals surface area contributed by atoms with Gasteiger partial charge in [0.05, 0.1) is 6.61 Å². The molecule has 20 heavy (non-hydrogen) atoms. The molecule has 1 atom stereocenters. The third-order valence-electron chi connectivity index (χ3n) is 3.42. The SMILES string of the molecule is CN(C)C(=O)Nc1cccc(OCC2(C)CC2(Cl)Cl)c1. The standard InChI is InChI=1S/C14H18Cl2N2O2/c1-13(8-14(13,15)16)9-20-11-6-4-5-10(7-11)17-12(19)18(2)3/h4-7H,8-9H2,1-3H3,(H,17,19). The molecule has 0 heterocycles. The summed E-state index contributed by atoms with van der Waals surface area (Å²) >= 11 is 12.1. The van der Waals surface area contributed by atoms with Gasteiger partial charge in [-0.15, -0.1) is 23.2 Å². The fraction of sp³-hybridized carbons (Fsp3) is 0.500. The summed E-state index contributed by atoms with van der Waals surface area (Å²) in [4.78, 5) is 13.0. The monoisotopic (exact) mass is 316 g/mol. The highest BCUT2D eigenvalue weighted by Crippen LogP contribution is 2.63. The van der Waals surface area contributed by atoms with E-state index in [0.717, 1.165) is 6.42 Å². The van der Waals surface area contributed by atoms with Crippen molar-refractivity contribution in [3.8, 4) is 5.75 Å². The molecule has 4 nitrogen and oxygen atoms in total. The van der Waals surface area contributed by atoms with Gasteiger partial charge < -0.3 is 15.0 Å². The first kappa shape index (κ1) is 15.3. The van der Waals surface area contributed by atoms with Crippen molar-refractivity contribution in [2.75, 3.05) is 26.0 Å². The molecule has 0 radical (unpaired) electrons. The lowest BCUT2D eigenvalue weighted by atomic mass is 10.2. The minimum absolute atomic E-state index is 0.183. The molecule has 2 amide bonds. The van der Waals surface area contributed by atoms with E-state index in [2.05, 4.69) is 5.32 Å². The third kappa shape index (κ3) is 3.30. The lowest BCUT2D eigenvalue weighted by Crippen LogP contribution is -2.27. The van der Waals surface area contributed by atoms with Gasteiger partial charge in [0.1, 0.15) is 10.1 Å². The zero-order chi connectivity index (χ0) is 15.0. The molecule has 1 fully saturated rings. The quantitative estimate of drug-likeness (QED) is 0.860. The summed E-state index contributed by atoms with van der Waals surface area (Å²) < 4.78 is 5.03. The highest BCUT2D eigenvalue weighted by molar-refractivity contribution is 6.51. The van der Waals surface area contributed by atoms with Gasteiger partial charge in [-0.1, -0.05) is 13.0 Å². The van der Waals surface area contributed by atoms with E-state index < -0.39 is 4.33 Å². The molecule has 2 rings (SSSR count). The fourth-order valence-corrected chi connectivity index (χ4v) is 2.44. The number of nitrogens with zero attached hydrogens (tertiary/aromatic N) is 1. The molecule has 1 aliphatic carbocycles. The Bertz CT molecular complexity index is 520. The topological polar surface area (TPSA) is 41.6 Å². The van der Waals surface area contributed by atoms with Gasteiger partial charge in [-0.2, -0.15) is 0 Å². The molecule has 1 N–H and O–H groups in total. The van der Waals surface area contributed by atoms with E-state index in [9.17, 15) is 4.79 Å². The van der Waals surface area contributed by atoms with Crippen LogP contribution in [-0.4, -0.2) is 36.0 Å². The van der Waals surface area contributed by atoms with Crippen LogP contribution in [0.2, 0.25) is 0 Å². The van der Waals surface area contributed by atoms with Crippen molar-refractivity contribution in [1.82, 2.24) is 4.90 Å². The van der Waals surface area contributed by atoms with Gasteiger partial charge in [0, 0.05) is 31.3 Å². The average molecular weight is 317 g/mol. The number of carbonyl (C=O) groups is 1. The number of nitrogens with one attached hydrogen (secondary N) is 1. The number of ether oxygens (including phenoxy) is 1. The lowest BCUT2D eigenvalue weighted by Gasteiger charge is -2.15. The normalized spacial score (nSPS) is 23.1. The number of hydrogen-bond donors (Lipinski definition) is 1. The van der Waals surface area contributed by atoms with Crippen LogP contribution < -0.4 is 10.1 Å². The van der Waals surface area contributed by atoms with Crippen molar-refractivity contribution in [1.29, 1.82) is 0 Å². The summed E-state index contributed by atoms with van der Waals surface area (Å²) in [6.45, 7) is 2.44. The molecule has 0 aliphatic heterocycles. The minimum Gasteiger partial charge on any atom is -0.493 e. The molecule has 1 aromatic carbocycles. The number of carbonyl (C=O) groups excluding carboxylic acids is 1. The van der Waals surface area contributed by atoms with E-state index >= 15 is 0 Å². The summed E-state index contributed by atoms with van der Waals surface area (Å²) in [6, 6.07) is 7.06. The smallest absolute Gasteiger partial charge is 0.321 e. The second kappa shape index (κ2) is 5.34. The number of benzene rings is 1. The highest BCUT2D eigenvalue weighted by atomic mass is 35.5. The Morgan fingerprint density at radius 2 is 2.10 bits per heavy atom. The number of alkyl halides is 2. The summed E-state index contributed by atoms with van der Waals surface area (Å²) in [6.07, 6.45) is 0.722. The maximum Gasteiger partial charge on any atom is 0.321 e. The second-order valence-corrected chi connectivity index (χ2v) is 7.07. The Hall–Kier alpha value is -1.13. The van der Waals surface area contributed by atoms with E-state index in [4.69, 9.17) is 27.9 Å². The maximum atomic E-state index is 11.6. The van der Waals surface area contributed by atoms with Crippen LogP contribution in [0.4, 0.5) is 10.5 Å². The number of hydrogen-bond acceptors (Lipinski definition) is 2. The number of amides is 2. The molecule has 1 aromatic rings. The van der Waals surface area contributed by atoms with E-state index in [1.54, 1.807) is 26.2 Å². The van der Waals surface area contributed by atoms with Crippen molar-refractivity contribution in [3.05, 3.63) is 24.3 Å². The van der Waals surface area contributed by atoms with Gasteiger partial charge in [0.25, 0.3) is 0 Å². The Kier molecular flexibility index (Phi) is 4.07. The molecule has 0 spiro atoms. The Morgan fingerprint density at radius 3 is 2.65 bits per heavy atom. The minimum atomic E-state index is -0.691.